The van der Waals surface area contributed by atoms with Crippen LogP contribution in [-0.4, -0.2) is 33.9 Å². The third-order valence-electron chi connectivity index (χ3n) is 4.14. The number of nitrogens with zero attached hydrogens (tertiary/aromatic N) is 3. The van der Waals surface area contributed by atoms with Gasteiger partial charge in [0.25, 0.3) is 5.91 Å². The normalized spacial score (nSPS) is 16.0. The molecular formula is C19H16N4O2S. The zero-order chi connectivity index (χ0) is 17.8. The van der Waals surface area contributed by atoms with Crippen LogP contribution >= 0.6 is 11.5 Å². The lowest BCUT2D eigenvalue weighted by molar-refractivity contribution is 0.0751. The largest absolute Gasteiger partial charge is 0.390 e. The Labute approximate surface area is 154 Å². The van der Waals surface area contributed by atoms with Gasteiger partial charge in [-0.1, -0.05) is 64.2 Å². The first kappa shape index (κ1) is 16.4. The average molecular weight is 364 g/mol. The monoisotopic (exact) mass is 364 g/mol. The Morgan fingerprint density at radius 2 is 1.81 bits per heavy atom. The van der Waals surface area contributed by atoms with Crippen LogP contribution in [0.3, 0.4) is 0 Å². The van der Waals surface area contributed by atoms with E-state index in [1.54, 1.807) is 5.38 Å². The van der Waals surface area contributed by atoms with Crippen LogP contribution in [0.15, 0.2) is 65.1 Å². The second-order valence-electron chi connectivity index (χ2n) is 5.91. The standard InChI is InChI=1S/C19H16N4O2S/c24-19(18-12-26-23-21-18)20-11-16-10-17(22-25-16)15-8-6-14(7-9-15)13-4-2-1-3-5-13/h1-9,12,16H,10-11H2,(H,20,24). The molecule has 2 aromatic carbocycles. The number of amides is 1. The van der Waals surface area contributed by atoms with Gasteiger partial charge >= 0.3 is 0 Å². The predicted molar refractivity (Wildman–Crippen MR) is 100 cm³/mol. The number of benzene rings is 2. The van der Waals surface area contributed by atoms with E-state index in [9.17, 15) is 4.79 Å². The molecule has 1 N–H and O–H groups in total. The summed E-state index contributed by atoms with van der Waals surface area (Å²) in [5.41, 5.74) is 4.59. The minimum Gasteiger partial charge on any atom is -0.390 e. The summed E-state index contributed by atoms with van der Waals surface area (Å²) in [5.74, 6) is -0.247. The van der Waals surface area contributed by atoms with Crippen molar-refractivity contribution in [3.63, 3.8) is 0 Å². The van der Waals surface area contributed by atoms with Crippen LogP contribution in [0, 0.1) is 0 Å². The average Bonchev–Trinajstić information content (AvgIpc) is 3.39. The molecule has 1 aliphatic rings. The summed E-state index contributed by atoms with van der Waals surface area (Å²) < 4.78 is 3.68. The molecule has 1 unspecified atom stereocenters. The number of nitrogens with one attached hydrogen (secondary N) is 1. The maximum atomic E-state index is 11.9. The second kappa shape index (κ2) is 7.45. The minimum absolute atomic E-state index is 0.172. The Balaban J connectivity index is 1.34. The van der Waals surface area contributed by atoms with Crippen LogP contribution in [0.25, 0.3) is 11.1 Å². The van der Waals surface area contributed by atoms with E-state index in [1.165, 1.54) is 5.56 Å². The Bertz CT molecular complexity index is 908. The van der Waals surface area contributed by atoms with Gasteiger partial charge in [0.05, 0.1) is 12.3 Å². The number of carbonyl (C=O) groups is 1. The fraction of sp³-hybridized carbons (Fsp3) is 0.158. The van der Waals surface area contributed by atoms with Gasteiger partial charge in [-0.15, -0.1) is 5.10 Å². The molecule has 7 heteroatoms. The van der Waals surface area contributed by atoms with Crippen LogP contribution in [0.1, 0.15) is 22.5 Å². The number of hydrogen-bond acceptors (Lipinski definition) is 6. The van der Waals surface area contributed by atoms with Crippen LogP contribution < -0.4 is 5.32 Å². The molecule has 4 rings (SSSR count). The summed E-state index contributed by atoms with van der Waals surface area (Å²) in [4.78, 5) is 17.3. The molecule has 0 radical (unpaired) electrons. The second-order valence-corrected chi connectivity index (χ2v) is 6.52. The zero-order valence-corrected chi connectivity index (χ0v) is 14.6. The maximum Gasteiger partial charge on any atom is 0.272 e. The molecule has 1 amide bonds. The summed E-state index contributed by atoms with van der Waals surface area (Å²) in [6, 6.07) is 18.5. The van der Waals surface area contributed by atoms with Crippen molar-refractivity contribution < 1.29 is 9.63 Å². The van der Waals surface area contributed by atoms with E-state index in [-0.39, 0.29) is 12.0 Å². The van der Waals surface area contributed by atoms with Crippen molar-refractivity contribution >= 4 is 23.2 Å². The number of carbonyl (C=O) groups excluding carboxylic acids is 1. The van der Waals surface area contributed by atoms with E-state index in [2.05, 4.69) is 44.3 Å². The van der Waals surface area contributed by atoms with Crippen molar-refractivity contribution in [2.24, 2.45) is 5.16 Å². The highest BCUT2D eigenvalue weighted by Gasteiger charge is 2.23. The fourth-order valence-corrected chi connectivity index (χ4v) is 3.19. The van der Waals surface area contributed by atoms with Gasteiger partial charge in [0.2, 0.25) is 0 Å². The van der Waals surface area contributed by atoms with Crippen molar-refractivity contribution in [1.29, 1.82) is 0 Å². The van der Waals surface area contributed by atoms with Crippen molar-refractivity contribution in [2.45, 2.75) is 12.5 Å². The van der Waals surface area contributed by atoms with Gasteiger partial charge < -0.3 is 10.2 Å². The van der Waals surface area contributed by atoms with Crippen LogP contribution in [0.5, 0.6) is 0 Å². The number of aromatic nitrogens is 2. The molecule has 0 saturated heterocycles. The molecule has 0 fully saturated rings. The molecular weight excluding hydrogens is 348 g/mol. The summed E-state index contributed by atoms with van der Waals surface area (Å²) >= 11 is 1.15. The van der Waals surface area contributed by atoms with Crippen LogP contribution in [0.4, 0.5) is 0 Å². The van der Waals surface area contributed by atoms with E-state index in [0.717, 1.165) is 28.4 Å². The number of rotatable bonds is 5. The summed E-state index contributed by atoms with van der Waals surface area (Å²) in [6.45, 7) is 0.380. The molecule has 1 atom stereocenters. The lowest BCUT2D eigenvalue weighted by atomic mass is 10.0. The number of oxime groups is 1. The molecule has 1 aliphatic heterocycles. The topological polar surface area (TPSA) is 76.5 Å². The van der Waals surface area contributed by atoms with Crippen molar-refractivity contribution in [3.05, 3.63) is 71.2 Å². The third-order valence-corrected chi connectivity index (χ3v) is 4.65. The van der Waals surface area contributed by atoms with Gasteiger partial charge in [-0.3, -0.25) is 4.79 Å². The Hall–Kier alpha value is -3.06. The Morgan fingerprint density at radius 3 is 2.54 bits per heavy atom. The third kappa shape index (κ3) is 3.62. The van der Waals surface area contributed by atoms with Gasteiger partial charge in [-0.25, -0.2) is 0 Å². The predicted octanol–water partition coefficient (Wildman–Crippen LogP) is 3.13. The molecule has 3 aromatic rings. The lowest BCUT2D eigenvalue weighted by Gasteiger charge is -2.08. The van der Waals surface area contributed by atoms with E-state index in [4.69, 9.17) is 4.84 Å². The van der Waals surface area contributed by atoms with Crippen molar-refractivity contribution in [2.75, 3.05) is 6.54 Å². The highest BCUT2D eigenvalue weighted by Crippen LogP contribution is 2.22. The number of hydrogen-bond donors (Lipinski definition) is 1. The van der Waals surface area contributed by atoms with E-state index < -0.39 is 0 Å². The molecule has 1 aromatic heterocycles. The highest BCUT2D eigenvalue weighted by molar-refractivity contribution is 7.03. The zero-order valence-electron chi connectivity index (χ0n) is 13.8. The van der Waals surface area contributed by atoms with Crippen LogP contribution in [0.2, 0.25) is 0 Å². The highest BCUT2D eigenvalue weighted by atomic mass is 32.1. The summed E-state index contributed by atoms with van der Waals surface area (Å²) in [6.07, 6.45) is 0.481. The van der Waals surface area contributed by atoms with Gasteiger partial charge in [-0.2, -0.15) is 0 Å². The first-order valence-corrected chi connectivity index (χ1v) is 9.07. The molecule has 0 bridgehead atoms. The molecule has 130 valence electrons. The molecule has 0 aliphatic carbocycles. The summed E-state index contributed by atoms with van der Waals surface area (Å²) in [7, 11) is 0. The summed E-state index contributed by atoms with van der Waals surface area (Å²) in [5, 5.41) is 12.3. The van der Waals surface area contributed by atoms with Gasteiger partial charge in [0.15, 0.2) is 5.69 Å². The molecule has 0 spiro atoms. The molecule has 2 heterocycles. The minimum atomic E-state index is -0.247. The van der Waals surface area contributed by atoms with E-state index in [1.807, 2.05) is 30.3 Å². The molecule has 26 heavy (non-hydrogen) atoms. The Morgan fingerprint density at radius 1 is 1.08 bits per heavy atom. The van der Waals surface area contributed by atoms with E-state index >= 15 is 0 Å². The lowest BCUT2D eigenvalue weighted by Crippen LogP contribution is -2.32. The molecule has 6 nitrogen and oxygen atoms in total. The first-order valence-electron chi connectivity index (χ1n) is 8.23. The van der Waals surface area contributed by atoms with Crippen molar-refractivity contribution in [3.8, 4) is 11.1 Å². The Kier molecular flexibility index (Phi) is 4.70. The quantitative estimate of drug-likeness (QED) is 0.755. The van der Waals surface area contributed by atoms with Crippen LogP contribution in [-0.2, 0) is 4.84 Å². The molecule has 0 saturated carbocycles. The SMILES string of the molecule is O=C(NCC1CC(c2ccc(-c3ccccc3)cc2)=NO1)c1csnn1. The van der Waals surface area contributed by atoms with Gasteiger partial charge in [0.1, 0.15) is 6.10 Å². The van der Waals surface area contributed by atoms with E-state index in [0.29, 0.717) is 18.7 Å². The van der Waals surface area contributed by atoms with Gasteiger partial charge in [-0.05, 0) is 28.2 Å². The maximum absolute atomic E-state index is 11.9. The van der Waals surface area contributed by atoms with Crippen molar-refractivity contribution in [1.82, 2.24) is 14.9 Å². The van der Waals surface area contributed by atoms with Gasteiger partial charge in [0, 0.05) is 11.8 Å². The smallest absolute Gasteiger partial charge is 0.272 e. The fourth-order valence-electron chi connectivity index (χ4n) is 2.75. The first-order chi connectivity index (χ1) is 12.8.